The molecule has 0 radical (unpaired) electrons. The first-order valence-corrected chi connectivity index (χ1v) is 6.71. The van der Waals surface area contributed by atoms with E-state index < -0.39 is 0 Å². The molecule has 0 unspecified atom stereocenters. The molecule has 2 aromatic heterocycles. The van der Waals surface area contributed by atoms with Crippen LogP contribution in [0.15, 0.2) is 18.6 Å². The molecule has 2 aromatic rings. The molecule has 18 heavy (non-hydrogen) atoms. The van der Waals surface area contributed by atoms with Crippen molar-refractivity contribution in [2.24, 2.45) is 0 Å². The van der Waals surface area contributed by atoms with Crippen molar-refractivity contribution in [2.45, 2.75) is 26.2 Å². The number of nitrogens with one attached hydrogen (secondary N) is 1. The van der Waals surface area contributed by atoms with Crippen LogP contribution in [0.1, 0.15) is 26.2 Å². The Labute approximate surface area is 107 Å². The Balaban J connectivity index is 2.00. The molecule has 1 aliphatic heterocycles. The highest BCUT2D eigenvalue weighted by molar-refractivity contribution is 5.67. The van der Waals surface area contributed by atoms with Crippen LogP contribution in [0.4, 0.5) is 11.6 Å². The summed E-state index contributed by atoms with van der Waals surface area (Å²) in [6.07, 6.45) is 9.43. The van der Waals surface area contributed by atoms with Gasteiger partial charge in [-0.1, -0.05) is 6.92 Å². The summed E-state index contributed by atoms with van der Waals surface area (Å²) >= 11 is 0. The smallest absolute Gasteiger partial charge is 0.180 e. The second kappa shape index (κ2) is 4.84. The van der Waals surface area contributed by atoms with Gasteiger partial charge in [0.05, 0.1) is 6.20 Å². The lowest BCUT2D eigenvalue weighted by atomic mass is 10.4. The lowest BCUT2D eigenvalue weighted by molar-refractivity contribution is 0.915. The van der Waals surface area contributed by atoms with Crippen molar-refractivity contribution in [1.29, 1.82) is 0 Å². The van der Waals surface area contributed by atoms with Crippen LogP contribution in [0, 0.1) is 0 Å². The zero-order chi connectivity index (χ0) is 12.4. The first-order valence-electron chi connectivity index (χ1n) is 6.71. The third kappa shape index (κ3) is 2.00. The highest BCUT2D eigenvalue weighted by Gasteiger charge is 2.18. The number of aromatic nitrogens is 3. The van der Waals surface area contributed by atoms with Gasteiger partial charge in [0, 0.05) is 32.0 Å². The first-order chi connectivity index (χ1) is 8.88. The summed E-state index contributed by atoms with van der Waals surface area (Å²) in [5.41, 5.74) is 0.957. The molecule has 3 heterocycles. The molecular formula is C13H19N5. The van der Waals surface area contributed by atoms with E-state index in [-0.39, 0.29) is 0 Å². The van der Waals surface area contributed by atoms with Crippen molar-refractivity contribution in [3.63, 3.8) is 0 Å². The van der Waals surface area contributed by atoms with E-state index >= 15 is 0 Å². The molecule has 0 saturated carbocycles. The summed E-state index contributed by atoms with van der Waals surface area (Å²) in [6.45, 7) is 5.29. The van der Waals surface area contributed by atoms with E-state index in [1.54, 1.807) is 0 Å². The van der Waals surface area contributed by atoms with Crippen molar-refractivity contribution in [3.05, 3.63) is 18.6 Å². The van der Waals surface area contributed by atoms with E-state index in [0.29, 0.717) is 0 Å². The Morgan fingerprint density at radius 3 is 2.94 bits per heavy atom. The van der Waals surface area contributed by atoms with Gasteiger partial charge in [-0.05, 0) is 19.3 Å². The number of hydrogen-bond acceptors (Lipinski definition) is 4. The van der Waals surface area contributed by atoms with Crippen molar-refractivity contribution in [1.82, 2.24) is 14.4 Å². The maximum absolute atomic E-state index is 4.72. The first kappa shape index (κ1) is 11.3. The SMILES string of the molecule is CCCNc1cn2ccnc2c(N2CCCC2)n1. The minimum Gasteiger partial charge on any atom is -0.369 e. The van der Waals surface area contributed by atoms with Crippen LogP contribution in [-0.2, 0) is 0 Å². The fourth-order valence-corrected chi connectivity index (χ4v) is 2.39. The normalized spacial score (nSPS) is 15.5. The summed E-state index contributed by atoms with van der Waals surface area (Å²) in [5.74, 6) is 1.95. The molecule has 1 aliphatic rings. The molecule has 5 heteroatoms. The van der Waals surface area contributed by atoms with Gasteiger partial charge in [-0.15, -0.1) is 0 Å². The monoisotopic (exact) mass is 245 g/mol. The van der Waals surface area contributed by atoms with Crippen LogP contribution in [0.5, 0.6) is 0 Å². The van der Waals surface area contributed by atoms with Gasteiger partial charge in [-0.25, -0.2) is 9.97 Å². The van der Waals surface area contributed by atoms with Gasteiger partial charge in [0.25, 0.3) is 0 Å². The van der Waals surface area contributed by atoms with Crippen LogP contribution in [0.3, 0.4) is 0 Å². The Hall–Kier alpha value is -1.78. The second-order valence-corrected chi connectivity index (χ2v) is 4.73. The van der Waals surface area contributed by atoms with Gasteiger partial charge in [-0.2, -0.15) is 0 Å². The third-order valence-corrected chi connectivity index (χ3v) is 3.32. The molecule has 0 spiro atoms. The Bertz CT molecular complexity index is 527. The molecule has 0 amide bonds. The van der Waals surface area contributed by atoms with Gasteiger partial charge in [0.2, 0.25) is 0 Å². The average molecular weight is 245 g/mol. The molecule has 0 atom stereocenters. The second-order valence-electron chi connectivity index (χ2n) is 4.73. The predicted octanol–water partition coefficient (Wildman–Crippen LogP) is 2.15. The quantitative estimate of drug-likeness (QED) is 0.896. The van der Waals surface area contributed by atoms with Crippen LogP contribution >= 0.6 is 0 Å². The number of hydrogen-bond donors (Lipinski definition) is 1. The van der Waals surface area contributed by atoms with Gasteiger partial charge in [-0.3, -0.25) is 0 Å². The van der Waals surface area contributed by atoms with E-state index in [4.69, 9.17) is 4.98 Å². The Morgan fingerprint density at radius 2 is 2.17 bits per heavy atom. The van der Waals surface area contributed by atoms with Crippen molar-refractivity contribution < 1.29 is 0 Å². The van der Waals surface area contributed by atoms with Crippen molar-refractivity contribution >= 4 is 17.3 Å². The fourth-order valence-electron chi connectivity index (χ4n) is 2.39. The molecular weight excluding hydrogens is 226 g/mol. The highest BCUT2D eigenvalue weighted by atomic mass is 15.2. The van der Waals surface area contributed by atoms with E-state index in [2.05, 4.69) is 26.5 Å². The van der Waals surface area contributed by atoms with Crippen LogP contribution in [-0.4, -0.2) is 34.0 Å². The molecule has 0 bridgehead atoms. The summed E-state index contributed by atoms with van der Waals surface area (Å²) in [7, 11) is 0. The van der Waals surface area contributed by atoms with Crippen LogP contribution in [0.25, 0.3) is 5.65 Å². The molecule has 5 nitrogen and oxygen atoms in total. The average Bonchev–Trinajstić information content (AvgIpc) is 3.05. The lowest BCUT2D eigenvalue weighted by Crippen LogP contribution is -2.21. The molecule has 0 aromatic carbocycles. The maximum atomic E-state index is 4.72. The zero-order valence-electron chi connectivity index (χ0n) is 10.8. The molecule has 1 N–H and O–H groups in total. The summed E-state index contributed by atoms with van der Waals surface area (Å²) in [4.78, 5) is 11.5. The standard InChI is InChI=1S/C13H19N5/c1-2-5-14-11-10-18-9-6-15-12(18)13(16-11)17-7-3-4-8-17/h6,9-10,14H,2-5,7-8H2,1H3. The van der Waals surface area contributed by atoms with Gasteiger partial charge < -0.3 is 14.6 Å². The van der Waals surface area contributed by atoms with Gasteiger partial charge >= 0.3 is 0 Å². The minimum atomic E-state index is 0.934. The summed E-state index contributed by atoms with van der Waals surface area (Å²) in [5, 5.41) is 3.35. The molecule has 1 fully saturated rings. The van der Waals surface area contributed by atoms with Crippen LogP contribution in [0.2, 0.25) is 0 Å². The van der Waals surface area contributed by atoms with E-state index in [9.17, 15) is 0 Å². The van der Waals surface area contributed by atoms with E-state index in [1.807, 2.05) is 18.6 Å². The van der Waals surface area contributed by atoms with E-state index in [1.165, 1.54) is 12.8 Å². The fraction of sp³-hybridized carbons (Fsp3) is 0.538. The topological polar surface area (TPSA) is 45.5 Å². The van der Waals surface area contributed by atoms with Crippen molar-refractivity contribution in [2.75, 3.05) is 29.9 Å². The van der Waals surface area contributed by atoms with Crippen LogP contribution < -0.4 is 10.2 Å². The number of nitrogens with zero attached hydrogens (tertiary/aromatic N) is 4. The largest absolute Gasteiger partial charge is 0.369 e. The summed E-state index contributed by atoms with van der Waals surface area (Å²) < 4.78 is 2.05. The number of rotatable bonds is 4. The molecule has 96 valence electrons. The maximum Gasteiger partial charge on any atom is 0.180 e. The summed E-state index contributed by atoms with van der Waals surface area (Å²) in [6, 6.07) is 0. The minimum absolute atomic E-state index is 0.934. The molecule has 1 saturated heterocycles. The predicted molar refractivity (Wildman–Crippen MR) is 73.2 cm³/mol. The number of anilines is 2. The van der Waals surface area contributed by atoms with Gasteiger partial charge in [0.1, 0.15) is 5.82 Å². The zero-order valence-corrected chi connectivity index (χ0v) is 10.8. The van der Waals surface area contributed by atoms with Gasteiger partial charge in [0.15, 0.2) is 11.5 Å². The molecule has 0 aliphatic carbocycles. The highest BCUT2D eigenvalue weighted by Crippen LogP contribution is 2.24. The molecule has 3 rings (SSSR count). The third-order valence-electron chi connectivity index (χ3n) is 3.32. The number of fused-ring (bicyclic) bond motifs is 1. The Morgan fingerprint density at radius 1 is 1.33 bits per heavy atom. The van der Waals surface area contributed by atoms with E-state index in [0.717, 1.165) is 43.3 Å². The van der Waals surface area contributed by atoms with Crippen molar-refractivity contribution in [3.8, 4) is 0 Å². The lowest BCUT2D eigenvalue weighted by Gasteiger charge is -2.18. The number of imidazole rings is 1. The Kier molecular flexibility index (Phi) is 3.04.